The Balaban J connectivity index is 1.55. The van der Waals surface area contributed by atoms with Gasteiger partial charge in [0.25, 0.3) is 5.91 Å². The molecule has 4 aromatic rings. The number of aromatic nitrogens is 3. The van der Waals surface area contributed by atoms with Crippen LogP contribution in [-0.2, 0) is 6.54 Å². The van der Waals surface area contributed by atoms with Gasteiger partial charge in [0.1, 0.15) is 11.3 Å². The number of ether oxygens (including phenoxy) is 1. The SMILES string of the molecule is COc1ccc(NC(=O)c2ccc3c(c2)nnn3Cc2ccccc2C)cc1. The van der Waals surface area contributed by atoms with Crippen molar-refractivity contribution in [2.75, 3.05) is 12.4 Å². The van der Waals surface area contributed by atoms with E-state index < -0.39 is 0 Å². The van der Waals surface area contributed by atoms with Crippen molar-refractivity contribution in [1.29, 1.82) is 0 Å². The van der Waals surface area contributed by atoms with Crippen molar-refractivity contribution < 1.29 is 9.53 Å². The number of benzene rings is 3. The van der Waals surface area contributed by atoms with E-state index >= 15 is 0 Å². The van der Waals surface area contributed by atoms with Gasteiger partial charge in [-0.05, 0) is 60.5 Å². The van der Waals surface area contributed by atoms with Crippen molar-refractivity contribution >= 4 is 22.6 Å². The van der Waals surface area contributed by atoms with Crippen LogP contribution in [0.2, 0.25) is 0 Å². The third-order valence-corrected chi connectivity index (χ3v) is 4.71. The van der Waals surface area contributed by atoms with Crippen LogP contribution in [0.3, 0.4) is 0 Å². The predicted molar refractivity (Wildman–Crippen MR) is 109 cm³/mol. The number of amides is 1. The molecule has 0 aliphatic rings. The van der Waals surface area contributed by atoms with E-state index in [4.69, 9.17) is 4.74 Å². The number of anilines is 1. The molecule has 6 nitrogen and oxygen atoms in total. The summed E-state index contributed by atoms with van der Waals surface area (Å²) in [4.78, 5) is 12.6. The number of fused-ring (bicyclic) bond motifs is 1. The second-order valence-corrected chi connectivity index (χ2v) is 6.56. The molecule has 1 amide bonds. The molecular weight excluding hydrogens is 352 g/mol. The molecule has 1 N–H and O–H groups in total. The first kappa shape index (κ1) is 17.7. The van der Waals surface area contributed by atoms with Crippen LogP contribution >= 0.6 is 0 Å². The van der Waals surface area contributed by atoms with E-state index in [0.29, 0.717) is 23.3 Å². The monoisotopic (exact) mass is 372 g/mol. The number of rotatable bonds is 5. The quantitative estimate of drug-likeness (QED) is 0.574. The summed E-state index contributed by atoms with van der Waals surface area (Å²) in [6.07, 6.45) is 0. The van der Waals surface area contributed by atoms with Crippen LogP contribution in [-0.4, -0.2) is 28.0 Å². The summed E-state index contributed by atoms with van der Waals surface area (Å²) in [6, 6.07) is 20.8. The highest BCUT2D eigenvalue weighted by Crippen LogP contribution is 2.19. The Hall–Kier alpha value is -3.67. The van der Waals surface area contributed by atoms with Gasteiger partial charge in [0.15, 0.2) is 0 Å². The topological polar surface area (TPSA) is 69.0 Å². The highest BCUT2D eigenvalue weighted by molar-refractivity contribution is 6.05. The Kier molecular flexibility index (Phi) is 4.76. The number of nitrogens with one attached hydrogen (secondary N) is 1. The number of hydrogen-bond donors (Lipinski definition) is 1. The van der Waals surface area contributed by atoms with E-state index in [2.05, 4.69) is 34.7 Å². The summed E-state index contributed by atoms with van der Waals surface area (Å²) in [7, 11) is 1.61. The minimum absolute atomic E-state index is 0.194. The van der Waals surface area contributed by atoms with E-state index in [1.54, 1.807) is 43.5 Å². The molecule has 0 saturated carbocycles. The molecule has 0 atom stereocenters. The lowest BCUT2D eigenvalue weighted by Crippen LogP contribution is -2.11. The lowest BCUT2D eigenvalue weighted by atomic mass is 10.1. The lowest BCUT2D eigenvalue weighted by Gasteiger charge is -2.07. The van der Waals surface area contributed by atoms with E-state index in [0.717, 1.165) is 11.3 Å². The Bertz CT molecular complexity index is 1130. The average molecular weight is 372 g/mol. The van der Waals surface area contributed by atoms with Gasteiger partial charge in [0, 0.05) is 11.3 Å². The molecule has 4 rings (SSSR count). The second kappa shape index (κ2) is 7.52. The molecule has 140 valence electrons. The highest BCUT2D eigenvalue weighted by atomic mass is 16.5. The molecule has 0 spiro atoms. The molecule has 0 aliphatic carbocycles. The van der Waals surface area contributed by atoms with Gasteiger partial charge in [0.2, 0.25) is 0 Å². The molecule has 0 radical (unpaired) electrons. The minimum Gasteiger partial charge on any atom is -0.497 e. The molecule has 0 unspecified atom stereocenters. The van der Waals surface area contributed by atoms with Gasteiger partial charge in [-0.3, -0.25) is 4.79 Å². The second-order valence-electron chi connectivity index (χ2n) is 6.56. The molecule has 0 aliphatic heterocycles. The fourth-order valence-electron chi connectivity index (χ4n) is 3.06. The van der Waals surface area contributed by atoms with Gasteiger partial charge in [-0.1, -0.05) is 29.5 Å². The van der Waals surface area contributed by atoms with Gasteiger partial charge < -0.3 is 10.1 Å². The van der Waals surface area contributed by atoms with Gasteiger partial charge in [-0.2, -0.15) is 0 Å². The number of aryl methyl sites for hydroxylation is 1. The van der Waals surface area contributed by atoms with Crippen molar-refractivity contribution in [2.24, 2.45) is 0 Å². The first-order chi connectivity index (χ1) is 13.6. The average Bonchev–Trinajstić information content (AvgIpc) is 3.12. The van der Waals surface area contributed by atoms with E-state index in [9.17, 15) is 4.79 Å². The maximum Gasteiger partial charge on any atom is 0.255 e. The van der Waals surface area contributed by atoms with Crippen LogP contribution in [0.15, 0.2) is 66.7 Å². The number of hydrogen-bond acceptors (Lipinski definition) is 4. The molecular formula is C22H20N4O2. The first-order valence-electron chi connectivity index (χ1n) is 8.97. The van der Waals surface area contributed by atoms with Crippen molar-refractivity contribution in [2.45, 2.75) is 13.5 Å². The molecule has 1 aromatic heterocycles. The zero-order valence-electron chi connectivity index (χ0n) is 15.7. The molecule has 0 fully saturated rings. The smallest absolute Gasteiger partial charge is 0.255 e. The summed E-state index contributed by atoms with van der Waals surface area (Å²) in [5.41, 5.74) is 5.22. The van der Waals surface area contributed by atoms with Crippen LogP contribution in [0.25, 0.3) is 11.0 Å². The van der Waals surface area contributed by atoms with E-state index in [-0.39, 0.29) is 5.91 Å². The maximum absolute atomic E-state index is 12.6. The van der Waals surface area contributed by atoms with Crippen LogP contribution in [0.5, 0.6) is 5.75 Å². The molecule has 0 bridgehead atoms. The Morgan fingerprint density at radius 3 is 2.61 bits per heavy atom. The molecule has 0 saturated heterocycles. The summed E-state index contributed by atoms with van der Waals surface area (Å²) >= 11 is 0. The number of carbonyl (C=O) groups excluding carboxylic acids is 1. The van der Waals surface area contributed by atoms with Crippen molar-refractivity contribution in [3.05, 3.63) is 83.4 Å². The van der Waals surface area contributed by atoms with Crippen molar-refractivity contribution in [1.82, 2.24) is 15.0 Å². The van der Waals surface area contributed by atoms with Gasteiger partial charge >= 0.3 is 0 Å². The van der Waals surface area contributed by atoms with E-state index in [1.807, 2.05) is 22.9 Å². The van der Waals surface area contributed by atoms with E-state index in [1.165, 1.54) is 11.1 Å². The standard InChI is InChI=1S/C22H20N4O2/c1-15-5-3-4-6-17(15)14-26-21-12-7-16(13-20(21)24-25-26)22(27)23-18-8-10-19(28-2)11-9-18/h3-13H,14H2,1-2H3,(H,23,27). The van der Waals surface area contributed by atoms with Gasteiger partial charge in [-0.15, -0.1) is 5.10 Å². The summed E-state index contributed by atoms with van der Waals surface area (Å²) in [5.74, 6) is 0.546. The minimum atomic E-state index is -0.194. The third-order valence-electron chi connectivity index (χ3n) is 4.71. The first-order valence-corrected chi connectivity index (χ1v) is 8.97. The predicted octanol–water partition coefficient (Wildman–Crippen LogP) is 4.05. The third kappa shape index (κ3) is 3.57. The molecule has 28 heavy (non-hydrogen) atoms. The number of carbonyl (C=O) groups is 1. The summed E-state index contributed by atoms with van der Waals surface area (Å²) < 4.78 is 6.98. The normalized spacial score (nSPS) is 10.8. The maximum atomic E-state index is 12.6. The lowest BCUT2D eigenvalue weighted by molar-refractivity contribution is 0.102. The largest absolute Gasteiger partial charge is 0.497 e. The van der Waals surface area contributed by atoms with Crippen LogP contribution in [0.4, 0.5) is 5.69 Å². The zero-order chi connectivity index (χ0) is 19.5. The van der Waals surface area contributed by atoms with Gasteiger partial charge in [-0.25, -0.2) is 4.68 Å². The van der Waals surface area contributed by atoms with Crippen LogP contribution in [0, 0.1) is 6.92 Å². The zero-order valence-corrected chi connectivity index (χ0v) is 15.7. The highest BCUT2D eigenvalue weighted by Gasteiger charge is 2.11. The van der Waals surface area contributed by atoms with Gasteiger partial charge in [0.05, 0.1) is 19.2 Å². The Morgan fingerprint density at radius 2 is 1.86 bits per heavy atom. The Labute approximate surface area is 162 Å². The fourth-order valence-corrected chi connectivity index (χ4v) is 3.06. The summed E-state index contributed by atoms with van der Waals surface area (Å²) in [6.45, 7) is 2.72. The number of nitrogens with zero attached hydrogens (tertiary/aromatic N) is 3. The van der Waals surface area contributed by atoms with Crippen LogP contribution < -0.4 is 10.1 Å². The Morgan fingerprint density at radius 1 is 1.07 bits per heavy atom. The molecule has 3 aromatic carbocycles. The molecule has 6 heteroatoms. The summed E-state index contributed by atoms with van der Waals surface area (Å²) in [5, 5.41) is 11.4. The van der Waals surface area contributed by atoms with Crippen LogP contribution in [0.1, 0.15) is 21.5 Å². The van der Waals surface area contributed by atoms with Crippen molar-refractivity contribution in [3.63, 3.8) is 0 Å². The molecule has 1 heterocycles. The van der Waals surface area contributed by atoms with Crippen molar-refractivity contribution in [3.8, 4) is 5.75 Å². The fraction of sp³-hybridized carbons (Fsp3) is 0.136. The number of methoxy groups -OCH3 is 1.